The SMILES string of the molecule is CC(C)/C(C(=O)O)=C(\Cc1ccc(OCC(=O)O)cc1)C(=O)O. The van der Waals surface area contributed by atoms with Crippen molar-refractivity contribution in [2.24, 2.45) is 5.92 Å². The molecule has 0 heterocycles. The van der Waals surface area contributed by atoms with Crippen LogP contribution in [0.5, 0.6) is 5.75 Å². The van der Waals surface area contributed by atoms with Crippen molar-refractivity contribution < 1.29 is 34.4 Å². The predicted octanol–water partition coefficient (Wildman–Crippen LogP) is 1.81. The first-order valence-corrected chi connectivity index (χ1v) is 6.85. The van der Waals surface area contributed by atoms with Crippen molar-refractivity contribution in [1.29, 1.82) is 0 Å². The first-order valence-electron chi connectivity index (χ1n) is 6.85. The Bertz CT molecular complexity index is 626. The van der Waals surface area contributed by atoms with Gasteiger partial charge in [0.05, 0.1) is 11.1 Å². The lowest BCUT2D eigenvalue weighted by atomic mass is 9.93. The van der Waals surface area contributed by atoms with Gasteiger partial charge in [-0.05, 0) is 23.6 Å². The monoisotopic (exact) mass is 322 g/mol. The van der Waals surface area contributed by atoms with Gasteiger partial charge in [0.1, 0.15) is 5.75 Å². The highest BCUT2D eigenvalue weighted by Gasteiger charge is 2.23. The molecule has 0 atom stereocenters. The molecule has 0 fully saturated rings. The van der Waals surface area contributed by atoms with Gasteiger partial charge in [-0.25, -0.2) is 14.4 Å². The highest BCUT2D eigenvalue weighted by molar-refractivity contribution is 5.99. The number of carboxylic acids is 3. The van der Waals surface area contributed by atoms with Crippen LogP contribution < -0.4 is 4.74 Å². The minimum atomic E-state index is -1.28. The molecule has 0 saturated heterocycles. The minimum absolute atomic E-state index is 0.0473. The quantitative estimate of drug-likeness (QED) is 0.624. The molecule has 0 spiro atoms. The largest absolute Gasteiger partial charge is 0.482 e. The number of carboxylic acid groups (broad SMARTS) is 3. The maximum absolute atomic E-state index is 11.4. The summed E-state index contributed by atoms with van der Waals surface area (Å²) in [5.41, 5.74) is 0.278. The van der Waals surface area contributed by atoms with Crippen LogP contribution in [0.4, 0.5) is 0 Å². The molecule has 0 aromatic heterocycles. The third kappa shape index (κ3) is 5.46. The topological polar surface area (TPSA) is 121 Å². The molecule has 0 amide bonds. The van der Waals surface area contributed by atoms with Crippen LogP contribution in [0.15, 0.2) is 35.4 Å². The van der Waals surface area contributed by atoms with E-state index >= 15 is 0 Å². The van der Waals surface area contributed by atoms with E-state index in [1.54, 1.807) is 26.0 Å². The van der Waals surface area contributed by atoms with Gasteiger partial charge in [-0.2, -0.15) is 0 Å². The average molecular weight is 322 g/mol. The molecule has 0 aliphatic heterocycles. The fraction of sp³-hybridized carbons (Fsp3) is 0.312. The minimum Gasteiger partial charge on any atom is -0.482 e. The zero-order valence-corrected chi connectivity index (χ0v) is 12.8. The van der Waals surface area contributed by atoms with E-state index < -0.39 is 30.4 Å². The van der Waals surface area contributed by atoms with Crippen LogP contribution in [-0.2, 0) is 20.8 Å². The molecule has 1 aromatic rings. The fourth-order valence-corrected chi connectivity index (χ4v) is 2.06. The third-order valence-corrected chi connectivity index (χ3v) is 3.06. The summed E-state index contributed by atoms with van der Waals surface area (Å²) in [5.74, 6) is -3.73. The third-order valence-electron chi connectivity index (χ3n) is 3.06. The molecular formula is C16H18O7. The van der Waals surface area contributed by atoms with E-state index in [4.69, 9.17) is 9.84 Å². The number of hydrogen-bond acceptors (Lipinski definition) is 4. The van der Waals surface area contributed by atoms with E-state index in [1.807, 2.05) is 0 Å². The molecule has 0 saturated carbocycles. The van der Waals surface area contributed by atoms with Crippen molar-refractivity contribution in [3.05, 3.63) is 41.0 Å². The van der Waals surface area contributed by atoms with Crippen LogP contribution in [0.3, 0.4) is 0 Å². The van der Waals surface area contributed by atoms with Crippen LogP contribution in [-0.4, -0.2) is 39.8 Å². The first-order chi connectivity index (χ1) is 10.7. The molecule has 0 aliphatic carbocycles. The van der Waals surface area contributed by atoms with Crippen molar-refractivity contribution in [3.8, 4) is 5.75 Å². The van der Waals surface area contributed by atoms with E-state index in [0.717, 1.165) is 0 Å². The smallest absolute Gasteiger partial charge is 0.341 e. The van der Waals surface area contributed by atoms with Crippen LogP contribution in [0.2, 0.25) is 0 Å². The lowest BCUT2D eigenvalue weighted by Crippen LogP contribution is -2.17. The Morgan fingerprint density at radius 1 is 1.00 bits per heavy atom. The zero-order valence-electron chi connectivity index (χ0n) is 12.8. The predicted molar refractivity (Wildman–Crippen MR) is 80.4 cm³/mol. The van der Waals surface area contributed by atoms with E-state index in [0.29, 0.717) is 11.3 Å². The van der Waals surface area contributed by atoms with Gasteiger partial charge in [-0.3, -0.25) is 0 Å². The van der Waals surface area contributed by atoms with Gasteiger partial charge in [0.2, 0.25) is 0 Å². The van der Waals surface area contributed by atoms with E-state index in [2.05, 4.69) is 0 Å². The van der Waals surface area contributed by atoms with Gasteiger partial charge < -0.3 is 20.1 Å². The van der Waals surface area contributed by atoms with Crippen LogP contribution in [0.1, 0.15) is 19.4 Å². The molecule has 124 valence electrons. The summed E-state index contributed by atoms with van der Waals surface area (Å²) in [7, 11) is 0. The Morgan fingerprint density at radius 3 is 1.96 bits per heavy atom. The van der Waals surface area contributed by atoms with Crippen molar-refractivity contribution in [1.82, 2.24) is 0 Å². The highest BCUT2D eigenvalue weighted by atomic mass is 16.5. The van der Waals surface area contributed by atoms with Crippen molar-refractivity contribution in [2.75, 3.05) is 6.61 Å². The van der Waals surface area contributed by atoms with Gasteiger partial charge in [0.15, 0.2) is 6.61 Å². The molecule has 7 nitrogen and oxygen atoms in total. The van der Waals surface area contributed by atoms with Gasteiger partial charge >= 0.3 is 17.9 Å². The number of rotatable bonds is 8. The summed E-state index contributed by atoms with van der Waals surface area (Å²) in [6.07, 6.45) is -0.0473. The lowest BCUT2D eigenvalue weighted by molar-refractivity contribution is -0.139. The highest BCUT2D eigenvalue weighted by Crippen LogP contribution is 2.21. The second-order valence-electron chi connectivity index (χ2n) is 5.16. The number of carbonyl (C=O) groups is 3. The van der Waals surface area contributed by atoms with Gasteiger partial charge in [0, 0.05) is 6.42 Å². The van der Waals surface area contributed by atoms with Crippen molar-refractivity contribution in [2.45, 2.75) is 20.3 Å². The Kier molecular flexibility index (Phi) is 6.32. The van der Waals surface area contributed by atoms with Crippen molar-refractivity contribution in [3.63, 3.8) is 0 Å². The number of hydrogen-bond donors (Lipinski definition) is 3. The molecule has 0 bridgehead atoms. The summed E-state index contributed by atoms with van der Waals surface area (Å²) >= 11 is 0. The normalized spacial score (nSPS) is 11.8. The summed E-state index contributed by atoms with van der Waals surface area (Å²) in [4.78, 5) is 33.1. The van der Waals surface area contributed by atoms with Gasteiger partial charge in [-0.1, -0.05) is 26.0 Å². The molecule has 23 heavy (non-hydrogen) atoms. The Morgan fingerprint density at radius 2 is 1.57 bits per heavy atom. The van der Waals surface area contributed by atoms with Crippen molar-refractivity contribution >= 4 is 17.9 Å². The number of aliphatic carboxylic acids is 3. The maximum Gasteiger partial charge on any atom is 0.341 e. The summed E-state index contributed by atoms with van der Waals surface area (Å²) in [6, 6.07) is 6.15. The summed E-state index contributed by atoms with van der Waals surface area (Å²) in [5, 5.41) is 27.0. The first kappa shape index (κ1) is 18.2. The second-order valence-corrected chi connectivity index (χ2v) is 5.16. The lowest BCUT2D eigenvalue weighted by Gasteiger charge is -2.12. The number of ether oxygens (including phenoxy) is 1. The fourth-order valence-electron chi connectivity index (χ4n) is 2.06. The molecule has 1 aromatic carbocycles. The van der Waals surface area contributed by atoms with E-state index in [9.17, 15) is 24.6 Å². The van der Waals surface area contributed by atoms with E-state index in [-0.39, 0.29) is 17.6 Å². The maximum atomic E-state index is 11.4. The van der Waals surface area contributed by atoms with Gasteiger partial charge in [-0.15, -0.1) is 0 Å². The molecule has 7 heteroatoms. The van der Waals surface area contributed by atoms with E-state index in [1.165, 1.54) is 12.1 Å². The Balaban J connectivity index is 3.02. The molecule has 1 rings (SSSR count). The van der Waals surface area contributed by atoms with Crippen LogP contribution in [0, 0.1) is 5.92 Å². The van der Waals surface area contributed by atoms with Crippen LogP contribution in [0.25, 0.3) is 0 Å². The number of benzene rings is 1. The summed E-state index contributed by atoms with van der Waals surface area (Å²) < 4.78 is 4.98. The zero-order chi connectivity index (χ0) is 17.6. The average Bonchev–Trinajstić information content (AvgIpc) is 2.44. The Hall–Kier alpha value is -2.83. The van der Waals surface area contributed by atoms with Crippen LogP contribution >= 0.6 is 0 Å². The Labute approximate surface area is 132 Å². The standard InChI is InChI=1S/C16H18O7/c1-9(2)14(16(21)22)12(15(19)20)7-10-3-5-11(6-4-10)23-8-13(17)18/h3-6,9H,7-8H2,1-2H3,(H,17,18)(H,19,20)(H,21,22)/b14-12-. The molecule has 0 aliphatic rings. The van der Waals surface area contributed by atoms with Gasteiger partial charge in [0.25, 0.3) is 0 Å². The second kappa shape index (κ2) is 7.98. The summed E-state index contributed by atoms with van der Waals surface area (Å²) in [6.45, 7) is 2.76. The molecule has 0 unspecified atom stereocenters. The molecule has 0 radical (unpaired) electrons. The molecule has 3 N–H and O–H groups in total. The molecular weight excluding hydrogens is 304 g/mol.